The number of aromatic nitrogens is 4. The Morgan fingerprint density at radius 3 is 2.83 bits per heavy atom. The summed E-state index contributed by atoms with van der Waals surface area (Å²) in [4.78, 5) is 16.6. The molecular weight excluding hydrogens is 298 g/mol. The maximum Gasteiger partial charge on any atom is 0.133 e. The molecule has 3 aliphatic rings. The molecular formula is C19H25N5. The van der Waals surface area contributed by atoms with E-state index in [0.29, 0.717) is 12.0 Å². The van der Waals surface area contributed by atoms with Gasteiger partial charge in [-0.15, -0.1) is 0 Å². The summed E-state index contributed by atoms with van der Waals surface area (Å²) in [6.45, 7) is 4.31. The van der Waals surface area contributed by atoms with E-state index in [2.05, 4.69) is 27.4 Å². The first-order chi connectivity index (χ1) is 11.8. The number of nitrogens with zero attached hydrogens (tertiary/aromatic N) is 5. The van der Waals surface area contributed by atoms with Crippen molar-refractivity contribution in [3.63, 3.8) is 0 Å². The van der Waals surface area contributed by atoms with E-state index in [1.807, 2.05) is 6.20 Å². The number of hydrogen-bond donors (Lipinski definition) is 0. The Hall–Kier alpha value is -1.91. The Morgan fingerprint density at radius 1 is 1.08 bits per heavy atom. The van der Waals surface area contributed by atoms with Crippen molar-refractivity contribution in [3.05, 3.63) is 35.3 Å². The number of aryl methyl sites for hydroxylation is 2. The predicted octanol–water partition coefficient (Wildman–Crippen LogP) is 3.19. The first-order valence-electron chi connectivity index (χ1n) is 9.44. The zero-order chi connectivity index (χ0) is 16.1. The minimum atomic E-state index is 0.540. The number of rotatable bonds is 3. The van der Waals surface area contributed by atoms with Crippen molar-refractivity contribution in [2.24, 2.45) is 0 Å². The second kappa shape index (κ2) is 5.57. The fraction of sp³-hybridized carbons (Fsp3) is 0.632. The van der Waals surface area contributed by atoms with Crippen molar-refractivity contribution in [1.29, 1.82) is 0 Å². The summed E-state index contributed by atoms with van der Waals surface area (Å²) in [6.07, 6.45) is 10.6. The molecule has 0 aromatic carbocycles. The highest BCUT2D eigenvalue weighted by Crippen LogP contribution is 2.39. The molecule has 1 atom stereocenters. The molecule has 5 nitrogen and oxygen atoms in total. The van der Waals surface area contributed by atoms with Gasteiger partial charge in [-0.3, -0.25) is 0 Å². The lowest BCUT2D eigenvalue weighted by molar-refractivity contribution is 0.504. The molecule has 0 bridgehead atoms. The largest absolute Gasteiger partial charge is 0.354 e. The van der Waals surface area contributed by atoms with Crippen LogP contribution in [0.2, 0.25) is 0 Å². The number of hydrogen-bond acceptors (Lipinski definition) is 4. The molecule has 1 saturated heterocycles. The predicted molar refractivity (Wildman–Crippen MR) is 93.5 cm³/mol. The van der Waals surface area contributed by atoms with Crippen molar-refractivity contribution in [1.82, 2.24) is 19.5 Å². The lowest BCUT2D eigenvalue weighted by atomic mass is 10.0. The molecule has 2 fully saturated rings. The van der Waals surface area contributed by atoms with Crippen molar-refractivity contribution in [2.45, 2.75) is 63.8 Å². The van der Waals surface area contributed by atoms with E-state index in [1.54, 1.807) is 0 Å². The van der Waals surface area contributed by atoms with Gasteiger partial charge >= 0.3 is 0 Å². The maximum absolute atomic E-state index is 4.86. The van der Waals surface area contributed by atoms with Crippen LogP contribution in [-0.2, 0) is 12.8 Å². The fourth-order valence-electron chi connectivity index (χ4n) is 4.42. The third-order valence-electron chi connectivity index (χ3n) is 5.80. The summed E-state index contributed by atoms with van der Waals surface area (Å²) in [5.74, 6) is 3.98. The minimum absolute atomic E-state index is 0.540. The molecule has 1 saturated carbocycles. The SMILES string of the molecule is Cc1nc2c(n1C1CCN(c3ccnc(C4CC4)n3)C1)CCCC2. The first-order valence-corrected chi connectivity index (χ1v) is 9.44. The van der Waals surface area contributed by atoms with Crippen LogP contribution in [0.3, 0.4) is 0 Å². The molecule has 0 amide bonds. The normalized spacial score (nSPS) is 23.5. The van der Waals surface area contributed by atoms with E-state index in [1.165, 1.54) is 55.7 Å². The van der Waals surface area contributed by atoms with Gasteiger partial charge in [-0.25, -0.2) is 15.0 Å². The molecule has 3 heterocycles. The van der Waals surface area contributed by atoms with Crippen LogP contribution >= 0.6 is 0 Å². The van der Waals surface area contributed by atoms with E-state index in [-0.39, 0.29) is 0 Å². The van der Waals surface area contributed by atoms with Crippen LogP contribution < -0.4 is 4.90 Å². The van der Waals surface area contributed by atoms with Gasteiger partial charge < -0.3 is 9.47 Å². The highest BCUT2D eigenvalue weighted by atomic mass is 15.3. The third-order valence-corrected chi connectivity index (χ3v) is 5.80. The van der Waals surface area contributed by atoms with E-state index in [0.717, 1.165) is 31.2 Å². The van der Waals surface area contributed by atoms with E-state index in [4.69, 9.17) is 9.97 Å². The van der Waals surface area contributed by atoms with Gasteiger partial charge in [0.2, 0.25) is 0 Å². The Balaban J connectivity index is 1.39. The van der Waals surface area contributed by atoms with Gasteiger partial charge in [0, 0.05) is 30.9 Å². The lowest BCUT2D eigenvalue weighted by Crippen LogP contribution is -2.23. The molecule has 126 valence electrons. The monoisotopic (exact) mass is 323 g/mol. The standard InChI is InChI=1S/C19H25N5/c1-13-21-16-4-2-3-5-17(16)24(13)15-9-11-23(12-15)18-8-10-20-19(22-18)14-6-7-14/h8,10,14-15H,2-7,9,11-12H2,1H3. The van der Waals surface area contributed by atoms with E-state index in [9.17, 15) is 0 Å². The van der Waals surface area contributed by atoms with Crippen LogP contribution in [-0.4, -0.2) is 32.6 Å². The Kier molecular flexibility index (Phi) is 3.35. The Labute approximate surface area is 143 Å². The summed E-state index contributed by atoms with van der Waals surface area (Å²) in [6, 6.07) is 2.61. The summed E-state index contributed by atoms with van der Waals surface area (Å²) < 4.78 is 2.54. The molecule has 5 heteroatoms. The molecule has 5 rings (SSSR count). The molecule has 0 radical (unpaired) electrons. The highest BCUT2D eigenvalue weighted by Gasteiger charge is 2.31. The summed E-state index contributed by atoms with van der Waals surface area (Å²) in [7, 11) is 0. The Morgan fingerprint density at radius 2 is 1.96 bits per heavy atom. The average Bonchev–Trinajstić information content (AvgIpc) is 3.25. The van der Waals surface area contributed by atoms with Crippen LogP contribution in [0.4, 0.5) is 5.82 Å². The smallest absolute Gasteiger partial charge is 0.133 e. The topological polar surface area (TPSA) is 46.8 Å². The van der Waals surface area contributed by atoms with Crippen LogP contribution in [0.25, 0.3) is 0 Å². The minimum Gasteiger partial charge on any atom is -0.354 e. The van der Waals surface area contributed by atoms with Gasteiger partial charge in [-0.1, -0.05) is 0 Å². The van der Waals surface area contributed by atoms with Crippen molar-refractivity contribution in [2.75, 3.05) is 18.0 Å². The number of imidazole rings is 1. The number of anilines is 1. The van der Waals surface area contributed by atoms with Gasteiger partial charge in [-0.2, -0.15) is 0 Å². The number of fused-ring (bicyclic) bond motifs is 1. The van der Waals surface area contributed by atoms with Gasteiger partial charge in [-0.05, 0) is 57.9 Å². The summed E-state index contributed by atoms with van der Waals surface area (Å²) in [5, 5.41) is 0. The maximum atomic E-state index is 4.86. The molecule has 1 unspecified atom stereocenters. The van der Waals surface area contributed by atoms with Crippen molar-refractivity contribution >= 4 is 5.82 Å². The molecule has 2 aromatic rings. The summed E-state index contributed by atoms with van der Waals surface area (Å²) in [5.41, 5.74) is 2.86. The van der Waals surface area contributed by atoms with Gasteiger partial charge in [0.1, 0.15) is 17.5 Å². The van der Waals surface area contributed by atoms with Crippen molar-refractivity contribution < 1.29 is 0 Å². The van der Waals surface area contributed by atoms with E-state index >= 15 is 0 Å². The molecule has 0 N–H and O–H groups in total. The van der Waals surface area contributed by atoms with Crippen LogP contribution in [0, 0.1) is 6.92 Å². The summed E-state index contributed by atoms with van der Waals surface area (Å²) >= 11 is 0. The van der Waals surface area contributed by atoms with E-state index < -0.39 is 0 Å². The average molecular weight is 323 g/mol. The highest BCUT2D eigenvalue weighted by molar-refractivity contribution is 5.40. The Bertz CT molecular complexity index is 761. The second-order valence-corrected chi connectivity index (χ2v) is 7.57. The third kappa shape index (κ3) is 2.41. The van der Waals surface area contributed by atoms with Crippen molar-refractivity contribution in [3.8, 4) is 0 Å². The second-order valence-electron chi connectivity index (χ2n) is 7.57. The van der Waals surface area contributed by atoms with Crippen LogP contribution in [0.1, 0.15) is 67.1 Å². The lowest BCUT2D eigenvalue weighted by Gasteiger charge is -2.22. The van der Waals surface area contributed by atoms with Gasteiger partial charge in [0.15, 0.2) is 0 Å². The molecule has 24 heavy (non-hydrogen) atoms. The van der Waals surface area contributed by atoms with Gasteiger partial charge in [0.05, 0.1) is 11.7 Å². The molecule has 1 aliphatic heterocycles. The van der Waals surface area contributed by atoms with Crippen LogP contribution in [0.5, 0.6) is 0 Å². The fourth-order valence-corrected chi connectivity index (χ4v) is 4.42. The quantitative estimate of drug-likeness (QED) is 0.870. The zero-order valence-electron chi connectivity index (χ0n) is 14.4. The van der Waals surface area contributed by atoms with Crippen LogP contribution in [0.15, 0.2) is 12.3 Å². The molecule has 2 aromatic heterocycles. The first kappa shape index (κ1) is 14.4. The molecule has 2 aliphatic carbocycles. The molecule has 0 spiro atoms. The van der Waals surface area contributed by atoms with Gasteiger partial charge in [0.25, 0.3) is 0 Å². The zero-order valence-corrected chi connectivity index (χ0v) is 14.4.